The van der Waals surface area contributed by atoms with Crippen molar-refractivity contribution in [2.45, 2.75) is 88.4 Å². The summed E-state index contributed by atoms with van der Waals surface area (Å²) in [6.45, 7) is 11.3. The van der Waals surface area contributed by atoms with Gasteiger partial charge in [0.1, 0.15) is 64.7 Å². The van der Waals surface area contributed by atoms with Crippen molar-refractivity contribution < 1.29 is 32.8 Å². The number of halogens is 2. The monoisotopic (exact) mass is 1530 g/mol. The van der Waals surface area contributed by atoms with Crippen molar-refractivity contribution in [1.82, 2.24) is 77.9 Å². The summed E-state index contributed by atoms with van der Waals surface area (Å²) in [6.07, 6.45) is 11.1. The highest BCUT2D eigenvalue weighted by atomic mass is 19.1. The Morgan fingerprint density at radius 3 is 1.47 bits per heavy atom. The molecule has 5 N–H and O–H groups in total. The molecule has 0 aliphatic carbocycles. The first-order valence-electron chi connectivity index (χ1n) is 38.7. The molecule has 0 radical (unpaired) electrons. The van der Waals surface area contributed by atoms with Crippen LogP contribution in [-0.2, 0) is 38.1 Å². The maximum absolute atomic E-state index is 14.1. The van der Waals surface area contributed by atoms with Gasteiger partial charge >= 0.3 is 11.4 Å². The van der Waals surface area contributed by atoms with Gasteiger partial charge in [0.15, 0.2) is 11.3 Å². The molecular formula is C82H88F2N22O7. The fourth-order valence-corrected chi connectivity index (χ4v) is 16.7. The average Bonchev–Trinajstić information content (AvgIpc) is 1.57. The van der Waals surface area contributed by atoms with E-state index in [1.807, 2.05) is 106 Å². The van der Waals surface area contributed by atoms with E-state index in [1.54, 1.807) is 61.1 Å². The van der Waals surface area contributed by atoms with Crippen molar-refractivity contribution in [2.24, 2.45) is 14.1 Å². The smallest absolute Gasteiger partial charge is 0.329 e. The Bertz CT molecular complexity index is 5720. The summed E-state index contributed by atoms with van der Waals surface area (Å²) >= 11 is 0. The molecule has 6 saturated heterocycles. The Balaban J connectivity index is 0.000000144. The van der Waals surface area contributed by atoms with E-state index in [9.17, 15) is 42.3 Å². The number of hydrogen-bond donors (Lipinski definition) is 4. The molecule has 18 rings (SSSR count). The number of aldehydes is 1. The standard InChI is InChI=1S/C41H44FN11O3.C28H30FN7O.C13H14N4O3/c1-48-39-30(10-3-11-32(39)52(41(48)56)33-14-17-38(54)46-40(33)55)43-18-6-19-49-21-23-50(24-22-49)36-13-4-9-29(45-36)34-26-44-35-15-16-37(47-53(34)35)51-20-5-12-31(51)27-7-2-8-28(42)25-27;29-22-6-1-5-21(19-22)24-8-3-13-35(24)28-11-10-26-30-20-25(36(26)32-28)23-7-2-9-27(31-23)34-16-14-33(15-17-34)12-4-18-37;1-16-11-7(14)3-2-4-8(11)17(13(16)20)9-5-6-10(18)15-12(9)19/h2-4,7-11,13,15-16,25-26,31,33,43H,5-6,12,14,17-24H2,1H3,(H,46,54,55);1-2,5-7,9-11,18-20,24H,3-4,8,12-17H2;2-4,9H,5-6,14H2,1H3,(H,15,18,19)/t31-,33?;24-;/m11./s1. The summed E-state index contributed by atoms with van der Waals surface area (Å²) in [6, 6.07) is 43.5. The van der Waals surface area contributed by atoms with Crippen LogP contribution in [0.1, 0.15) is 99.5 Å². The fourth-order valence-electron chi connectivity index (χ4n) is 16.7. The second-order valence-electron chi connectivity index (χ2n) is 29.4. The summed E-state index contributed by atoms with van der Waals surface area (Å²) in [4.78, 5) is 117. The number of benzene rings is 4. The van der Waals surface area contributed by atoms with Gasteiger partial charge in [-0.2, -0.15) is 0 Å². The Morgan fingerprint density at radius 2 is 0.973 bits per heavy atom. The lowest BCUT2D eigenvalue weighted by Gasteiger charge is -2.35. The van der Waals surface area contributed by atoms with E-state index in [1.165, 1.54) is 25.8 Å². The molecule has 6 fully saturated rings. The summed E-state index contributed by atoms with van der Waals surface area (Å²) in [5.74, 6) is 1.60. The summed E-state index contributed by atoms with van der Waals surface area (Å²) in [5, 5.41) is 18.2. The van der Waals surface area contributed by atoms with E-state index in [0.717, 1.165) is 203 Å². The van der Waals surface area contributed by atoms with Gasteiger partial charge in [-0.3, -0.25) is 57.9 Å². The molecule has 12 aromatic rings. The van der Waals surface area contributed by atoms with Gasteiger partial charge in [0, 0.05) is 112 Å². The number of nitrogens with two attached hydrogens (primary N) is 1. The van der Waals surface area contributed by atoms with E-state index in [0.29, 0.717) is 41.5 Å². The highest BCUT2D eigenvalue weighted by Gasteiger charge is 2.35. The maximum Gasteiger partial charge on any atom is 0.329 e. The van der Waals surface area contributed by atoms with E-state index < -0.39 is 23.9 Å². The molecule has 113 heavy (non-hydrogen) atoms. The number of nitrogens with zero attached hydrogens (tertiary/aromatic N) is 18. The van der Waals surface area contributed by atoms with Crippen LogP contribution in [0.25, 0.3) is 56.1 Å². The van der Waals surface area contributed by atoms with Crippen molar-refractivity contribution in [3.8, 4) is 22.8 Å². The third-order valence-corrected chi connectivity index (χ3v) is 22.5. The van der Waals surface area contributed by atoms with Gasteiger partial charge in [-0.25, -0.2) is 47.3 Å². The van der Waals surface area contributed by atoms with Crippen LogP contribution >= 0.6 is 0 Å². The molecule has 31 heteroatoms. The molecule has 582 valence electrons. The first kappa shape index (κ1) is 74.6. The zero-order valence-corrected chi connectivity index (χ0v) is 62.9. The van der Waals surface area contributed by atoms with Crippen LogP contribution in [0.3, 0.4) is 0 Å². The van der Waals surface area contributed by atoms with Crippen molar-refractivity contribution >= 4 is 97.9 Å². The first-order chi connectivity index (χ1) is 55.0. The van der Waals surface area contributed by atoms with Crippen LogP contribution in [0, 0.1) is 11.6 Å². The molecular weight excluding hydrogens is 1440 g/mol. The number of pyridine rings is 2. The van der Waals surface area contributed by atoms with E-state index in [-0.39, 0.29) is 59.8 Å². The highest BCUT2D eigenvalue weighted by Crippen LogP contribution is 2.39. The fraction of sp³-hybridized carbons (Fsp3) is 0.354. The molecule has 6 aliphatic heterocycles. The number of carbonyl (C=O) groups excluding carboxylic acids is 5. The number of piperazine rings is 2. The molecule has 2 unspecified atom stereocenters. The van der Waals surface area contributed by atoms with Gasteiger partial charge in [0.25, 0.3) is 0 Å². The van der Waals surface area contributed by atoms with Gasteiger partial charge in [0.2, 0.25) is 23.6 Å². The number of hydrogen-bond acceptors (Lipinski definition) is 21. The summed E-state index contributed by atoms with van der Waals surface area (Å²) in [7, 11) is 3.33. The number of aromatic nitrogens is 12. The lowest BCUT2D eigenvalue weighted by molar-refractivity contribution is -0.137. The topological polar surface area (TPSA) is 307 Å². The number of imide groups is 2. The minimum atomic E-state index is -0.713. The van der Waals surface area contributed by atoms with Crippen LogP contribution in [0.4, 0.5) is 43.4 Å². The number of carbonyl (C=O) groups is 5. The van der Waals surface area contributed by atoms with Gasteiger partial charge in [-0.15, -0.1) is 10.2 Å². The van der Waals surface area contributed by atoms with Crippen LogP contribution in [0.15, 0.2) is 168 Å². The molecule has 4 amide bonds. The quantitative estimate of drug-likeness (QED) is 0.0271. The second kappa shape index (κ2) is 32.4. The van der Waals surface area contributed by atoms with Gasteiger partial charge in [0.05, 0.1) is 69.3 Å². The lowest BCUT2D eigenvalue weighted by Crippen LogP contribution is -2.47. The molecule has 4 atom stereocenters. The number of para-hydroxylation sites is 2. The number of nitrogen functional groups attached to an aromatic ring is 1. The molecule has 4 aromatic carbocycles. The largest absolute Gasteiger partial charge is 0.397 e. The van der Waals surface area contributed by atoms with Crippen LogP contribution < -0.4 is 52.7 Å². The number of imidazole rings is 4. The number of piperidine rings is 2. The minimum absolute atomic E-state index is 0.0671. The predicted molar refractivity (Wildman–Crippen MR) is 427 cm³/mol. The summed E-state index contributed by atoms with van der Waals surface area (Å²) < 4.78 is 37.7. The average molecular weight is 1530 g/mol. The zero-order valence-electron chi connectivity index (χ0n) is 62.9. The van der Waals surface area contributed by atoms with Crippen molar-refractivity contribution in [1.29, 1.82) is 0 Å². The molecule has 8 aromatic heterocycles. The molecule has 0 bridgehead atoms. The van der Waals surface area contributed by atoms with Gasteiger partial charge in [-0.05, 0) is 160 Å². The zero-order chi connectivity index (χ0) is 78.0. The third kappa shape index (κ3) is 15.3. The lowest BCUT2D eigenvalue weighted by atomic mass is 10.0. The van der Waals surface area contributed by atoms with Crippen LogP contribution in [0.2, 0.25) is 0 Å². The molecule has 0 saturated carbocycles. The number of anilines is 6. The first-order valence-corrected chi connectivity index (χ1v) is 38.7. The van der Waals surface area contributed by atoms with E-state index >= 15 is 0 Å². The van der Waals surface area contributed by atoms with E-state index in [4.69, 9.17) is 25.9 Å². The number of rotatable bonds is 18. The second-order valence-corrected chi connectivity index (χ2v) is 29.4. The van der Waals surface area contributed by atoms with Crippen molar-refractivity contribution in [2.75, 3.05) is 116 Å². The number of fused-ring (bicyclic) bond motifs is 4. The van der Waals surface area contributed by atoms with Crippen LogP contribution in [0.5, 0.6) is 0 Å². The Morgan fingerprint density at radius 1 is 0.504 bits per heavy atom. The summed E-state index contributed by atoms with van der Waals surface area (Å²) in [5.41, 5.74) is 16.0. The Kier molecular flexibility index (Phi) is 21.4. The Hall–Kier alpha value is -12.5. The molecule has 6 aliphatic rings. The van der Waals surface area contributed by atoms with Gasteiger partial charge < -0.3 is 35.4 Å². The third-order valence-electron chi connectivity index (χ3n) is 22.5. The molecule has 0 spiro atoms. The predicted octanol–water partition coefficient (Wildman–Crippen LogP) is 8.41. The molecule has 14 heterocycles. The van der Waals surface area contributed by atoms with E-state index in [2.05, 4.69) is 61.4 Å². The number of nitrogens with one attached hydrogen (secondary N) is 3. The number of aryl methyl sites for hydroxylation is 2. The Labute approximate surface area is 648 Å². The van der Waals surface area contributed by atoms with Crippen molar-refractivity contribution in [3.63, 3.8) is 0 Å². The highest BCUT2D eigenvalue weighted by molar-refractivity contribution is 6.01. The van der Waals surface area contributed by atoms with Crippen molar-refractivity contribution in [3.05, 3.63) is 202 Å². The molecule has 29 nitrogen and oxygen atoms in total. The number of amides is 4. The maximum atomic E-state index is 14.1. The van der Waals surface area contributed by atoms with Crippen LogP contribution in [-0.4, -0.2) is 182 Å². The minimum Gasteiger partial charge on any atom is -0.397 e. The normalized spacial score (nSPS) is 19.1. The van der Waals surface area contributed by atoms with Gasteiger partial charge in [-0.1, -0.05) is 48.5 Å². The SMILES string of the molecule is Cn1c(=O)n(C2CCC(=O)NC2=O)c2cccc(N)c21.Cn1c(=O)n(C2CCC(=O)NC2=O)c2cccc(NCCCN3CCN(c4cccc(-c5cnc6ccc(N7CCC[C@@H]7c7cccc(F)c7)nn56)n4)CC3)c21.O=CCCN1CCN(c2cccc(-c3cnc4ccc(N5CCC[C@@H]5c5cccc(F)c5)nn34)n2)CC1.